The predicted octanol–water partition coefficient (Wildman–Crippen LogP) is 3.03. The van der Waals surface area contributed by atoms with Crippen LogP contribution in [-0.2, 0) is 9.53 Å². The molecule has 1 aromatic carbocycles. The SMILES string of the molecule is CCOC(=O)CCSC1=C(C)C(=O)c2ccccc2C1=O. The molecule has 0 atom stereocenters. The smallest absolute Gasteiger partial charge is 0.306 e. The third-order valence-electron chi connectivity index (χ3n) is 3.16. The van der Waals surface area contributed by atoms with Crippen molar-refractivity contribution in [1.29, 1.82) is 0 Å². The number of benzene rings is 1. The number of Topliss-reactive ketones (excluding diaryl/α,β-unsaturated/α-hetero) is 2. The highest BCUT2D eigenvalue weighted by Crippen LogP contribution is 2.32. The molecule has 1 aliphatic carbocycles. The molecule has 0 fully saturated rings. The Labute approximate surface area is 127 Å². The molecule has 1 aliphatic rings. The van der Waals surface area contributed by atoms with Gasteiger partial charge in [-0.05, 0) is 13.8 Å². The summed E-state index contributed by atoms with van der Waals surface area (Å²) in [6.45, 7) is 3.75. The number of hydrogen-bond acceptors (Lipinski definition) is 5. The van der Waals surface area contributed by atoms with Crippen molar-refractivity contribution in [2.75, 3.05) is 12.4 Å². The Kier molecular flexibility index (Phi) is 4.96. The van der Waals surface area contributed by atoms with Crippen LogP contribution in [0.4, 0.5) is 0 Å². The van der Waals surface area contributed by atoms with Gasteiger partial charge in [0, 0.05) is 22.5 Å². The highest BCUT2D eigenvalue weighted by Gasteiger charge is 2.29. The van der Waals surface area contributed by atoms with Gasteiger partial charge < -0.3 is 4.74 Å². The molecule has 0 aliphatic heterocycles. The zero-order chi connectivity index (χ0) is 15.4. The quantitative estimate of drug-likeness (QED) is 0.783. The molecule has 0 N–H and O–H groups in total. The molecule has 0 bridgehead atoms. The first kappa shape index (κ1) is 15.5. The lowest BCUT2D eigenvalue weighted by atomic mass is 9.90. The van der Waals surface area contributed by atoms with Crippen LogP contribution in [-0.4, -0.2) is 29.9 Å². The number of hydrogen-bond donors (Lipinski definition) is 0. The number of thioether (sulfide) groups is 1. The van der Waals surface area contributed by atoms with Crippen molar-refractivity contribution >= 4 is 29.3 Å². The first-order chi connectivity index (χ1) is 10.1. The lowest BCUT2D eigenvalue weighted by Crippen LogP contribution is -2.19. The zero-order valence-corrected chi connectivity index (χ0v) is 12.8. The second-order valence-electron chi connectivity index (χ2n) is 4.56. The van der Waals surface area contributed by atoms with Gasteiger partial charge in [0.15, 0.2) is 11.6 Å². The summed E-state index contributed by atoms with van der Waals surface area (Å²) in [6, 6.07) is 6.81. The molecule has 5 heteroatoms. The number of carbonyl (C=O) groups is 3. The lowest BCUT2D eigenvalue weighted by Gasteiger charge is -2.18. The maximum atomic E-state index is 12.4. The largest absolute Gasteiger partial charge is 0.466 e. The van der Waals surface area contributed by atoms with Gasteiger partial charge in [-0.2, -0.15) is 0 Å². The van der Waals surface area contributed by atoms with Crippen LogP contribution in [0, 0.1) is 0 Å². The number of fused-ring (bicyclic) bond motifs is 1. The number of ether oxygens (including phenoxy) is 1. The Morgan fingerprint density at radius 2 is 1.76 bits per heavy atom. The number of allylic oxidation sites excluding steroid dienone is 2. The molecular weight excluding hydrogens is 288 g/mol. The van der Waals surface area contributed by atoms with Gasteiger partial charge >= 0.3 is 5.97 Å². The van der Waals surface area contributed by atoms with E-state index < -0.39 is 0 Å². The maximum Gasteiger partial charge on any atom is 0.306 e. The van der Waals surface area contributed by atoms with Gasteiger partial charge in [-0.1, -0.05) is 24.3 Å². The minimum atomic E-state index is -0.293. The normalized spacial score (nSPS) is 14.2. The first-order valence-corrected chi connectivity index (χ1v) is 7.72. The van der Waals surface area contributed by atoms with Crippen LogP contribution < -0.4 is 0 Å². The molecule has 0 heterocycles. The molecule has 0 aromatic heterocycles. The van der Waals surface area contributed by atoms with E-state index in [1.165, 1.54) is 11.8 Å². The van der Waals surface area contributed by atoms with Crippen LogP contribution in [0.1, 0.15) is 41.0 Å². The summed E-state index contributed by atoms with van der Waals surface area (Å²) in [5.74, 6) is -0.134. The van der Waals surface area contributed by atoms with E-state index in [9.17, 15) is 14.4 Å². The highest BCUT2D eigenvalue weighted by atomic mass is 32.2. The van der Waals surface area contributed by atoms with E-state index in [0.29, 0.717) is 34.0 Å². The molecule has 4 nitrogen and oxygen atoms in total. The van der Waals surface area contributed by atoms with E-state index in [1.807, 2.05) is 0 Å². The number of carbonyl (C=O) groups excluding carboxylic acids is 3. The second kappa shape index (κ2) is 6.72. The van der Waals surface area contributed by atoms with Crippen LogP contribution in [0.3, 0.4) is 0 Å². The first-order valence-electron chi connectivity index (χ1n) is 6.74. The molecule has 2 rings (SSSR count). The Balaban J connectivity index is 2.13. The van der Waals surface area contributed by atoms with E-state index in [1.54, 1.807) is 38.1 Å². The van der Waals surface area contributed by atoms with E-state index >= 15 is 0 Å². The standard InChI is InChI=1S/C16H16O4S/c1-3-20-13(17)8-9-21-16-10(2)14(18)11-6-4-5-7-12(11)15(16)19/h4-7H,3,8-9H2,1-2H3. The van der Waals surface area contributed by atoms with Crippen LogP contribution in [0.2, 0.25) is 0 Å². The molecule has 0 amide bonds. The topological polar surface area (TPSA) is 60.4 Å². The van der Waals surface area contributed by atoms with E-state index in [4.69, 9.17) is 4.74 Å². The summed E-state index contributed by atoms with van der Waals surface area (Å²) in [7, 11) is 0. The van der Waals surface area contributed by atoms with Crippen LogP contribution in [0.25, 0.3) is 0 Å². The summed E-state index contributed by atoms with van der Waals surface area (Å²) in [5.41, 5.74) is 1.34. The second-order valence-corrected chi connectivity index (χ2v) is 5.67. The Morgan fingerprint density at radius 1 is 1.14 bits per heavy atom. The lowest BCUT2D eigenvalue weighted by molar-refractivity contribution is -0.142. The van der Waals surface area contributed by atoms with Gasteiger partial charge in [0.25, 0.3) is 0 Å². The summed E-state index contributed by atoms with van der Waals surface area (Å²) in [4.78, 5) is 36.4. The fraction of sp³-hybridized carbons (Fsp3) is 0.312. The molecule has 0 radical (unpaired) electrons. The average molecular weight is 304 g/mol. The highest BCUT2D eigenvalue weighted by molar-refractivity contribution is 8.04. The average Bonchev–Trinajstić information content (AvgIpc) is 2.49. The molecule has 0 spiro atoms. The number of rotatable bonds is 5. The number of ketones is 2. The van der Waals surface area contributed by atoms with Crippen molar-refractivity contribution < 1.29 is 19.1 Å². The van der Waals surface area contributed by atoms with Crippen molar-refractivity contribution in [3.63, 3.8) is 0 Å². The molecule has 1 aromatic rings. The monoisotopic (exact) mass is 304 g/mol. The molecular formula is C16H16O4S. The van der Waals surface area contributed by atoms with Gasteiger partial charge in [-0.3, -0.25) is 14.4 Å². The van der Waals surface area contributed by atoms with Crippen LogP contribution >= 0.6 is 11.8 Å². The summed E-state index contributed by atoms with van der Waals surface area (Å²) < 4.78 is 4.84. The van der Waals surface area contributed by atoms with Gasteiger partial charge in [0.05, 0.1) is 17.9 Å². The Morgan fingerprint density at radius 3 is 2.38 bits per heavy atom. The summed E-state index contributed by atoms with van der Waals surface area (Å²) in [5, 5.41) is 0. The third kappa shape index (κ3) is 3.24. The van der Waals surface area contributed by atoms with E-state index in [-0.39, 0.29) is 24.0 Å². The fourth-order valence-corrected chi connectivity index (χ4v) is 3.14. The maximum absolute atomic E-state index is 12.4. The molecule has 0 saturated heterocycles. The predicted molar refractivity (Wildman–Crippen MR) is 81.5 cm³/mol. The van der Waals surface area contributed by atoms with Gasteiger partial charge in [0.1, 0.15) is 0 Å². The molecule has 21 heavy (non-hydrogen) atoms. The van der Waals surface area contributed by atoms with Gasteiger partial charge in [-0.15, -0.1) is 11.8 Å². The summed E-state index contributed by atoms with van der Waals surface area (Å²) >= 11 is 1.24. The zero-order valence-electron chi connectivity index (χ0n) is 12.0. The summed E-state index contributed by atoms with van der Waals surface area (Å²) in [6.07, 6.45) is 0.221. The van der Waals surface area contributed by atoms with Gasteiger partial charge in [-0.25, -0.2) is 0 Å². The van der Waals surface area contributed by atoms with Crippen molar-refractivity contribution in [3.8, 4) is 0 Å². The van der Waals surface area contributed by atoms with Crippen molar-refractivity contribution in [1.82, 2.24) is 0 Å². The third-order valence-corrected chi connectivity index (χ3v) is 4.35. The minimum absolute atomic E-state index is 0.121. The Bertz CT molecular complexity index is 631. The molecule has 0 saturated carbocycles. The van der Waals surface area contributed by atoms with Gasteiger partial charge in [0.2, 0.25) is 0 Å². The van der Waals surface area contributed by atoms with Crippen LogP contribution in [0.5, 0.6) is 0 Å². The molecule has 110 valence electrons. The van der Waals surface area contributed by atoms with Crippen molar-refractivity contribution in [3.05, 3.63) is 45.9 Å². The van der Waals surface area contributed by atoms with Crippen LogP contribution in [0.15, 0.2) is 34.7 Å². The number of esters is 1. The van der Waals surface area contributed by atoms with E-state index in [2.05, 4.69) is 0 Å². The van der Waals surface area contributed by atoms with Crippen molar-refractivity contribution in [2.24, 2.45) is 0 Å². The van der Waals surface area contributed by atoms with E-state index in [0.717, 1.165) is 0 Å². The molecule has 0 unspecified atom stereocenters. The van der Waals surface area contributed by atoms with Crippen molar-refractivity contribution in [2.45, 2.75) is 20.3 Å². The Hall–Kier alpha value is -1.88. The fourth-order valence-electron chi connectivity index (χ4n) is 2.12. The minimum Gasteiger partial charge on any atom is -0.466 e.